The molecule has 0 radical (unpaired) electrons. The third-order valence-electron chi connectivity index (χ3n) is 3.59. The highest BCUT2D eigenvalue weighted by Gasteiger charge is 2.09. The first-order valence-electron chi connectivity index (χ1n) is 6.42. The van der Waals surface area contributed by atoms with Crippen LogP contribution in [0.4, 0.5) is 0 Å². The Kier molecular flexibility index (Phi) is 2.79. The van der Waals surface area contributed by atoms with Gasteiger partial charge in [-0.05, 0) is 61.4 Å². The molecule has 0 spiro atoms. The van der Waals surface area contributed by atoms with Gasteiger partial charge in [-0.25, -0.2) is 0 Å². The van der Waals surface area contributed by atoms with Crippen LogP contribution in [0, 0.1) is 13.8 Å². The van der Waals surface area contributed by atoms with Crippen LogP contribution in [-0.4, -0.2) is 12.1 Å². The highest BCUT2D eigenvalue weighted by molar-refractivity contribution is 5.90. The summed E-state index contributed by atoms with van der Waals surface area (Å²) in [6.07, 6.45) is 0. The van der Waals surface area contributed by atoms with Crippen molar-refractivity contribution < 1.29 is 4.74 Å². The van der Waals surface area contributed by atoms with Crippen molar-refractivity contribution in [2.75, 3.05) is 7.11 Å². The summed E-state index contributed by atoms with van der Waals surface area (Å²) in [4.78, 5) is 3.50. The first-order valence-corrected chi connectivity index (χ1v) is 6.42. The SMILES string of the molecule is COc1ccc(-c2[nH]c3ccc(C)cc3c2C)cc1. The fraction of sp³-hybridized carbons (Fsp3) is 0.176. The van der Waals surface area contributed by atoms with E-state index in [-0.39, 0.29) is 0 Å². The summed E-state index contributed by atoms with van der Waals surface area (Å²) in [5.74, 6) is 0.883. The largest absolute Gasteiger partial charge is 0.497 e. The van der Waals surface area contributed by atoms with Gasteiger partial charge in [0.05, 0.1) is 7.11 Å². The number of aromatic nitrogens is 1. The minimum absolute atomic E-state index is 0.883. The van der Waals surface area contributed by atoms with Crippen molar-refractivity contribution >= 4 is 10.9 Å². The molecule has 0 fully saturated rings. The van der Waals surface area contributed by atoms with Gasteiger partial charge in [0, 0.05) is 16.6 Å². The highest BCUT2D eigenvalue weighted by atomic mass is 16.5. The first-order chi connectivity index (χ1) is 9.19. The summed E-state index contributed by atoms with van der Waals surface area (Å²) in [5.41, 5.74) is 6.14. The zero-order valence-electron chi connectivity index (χ0n) is 11.4. The third kappa shape index (κ3) is 1.99. The van der Waals surface area contributed by atoms with E-state index in [9.17, 15) is 0 Å². The molecule has 0 saturated carbocycles. The predicted octanol–water partition coefficient (Wildman–Crippen LogP) is 4.46. The van der Waals surface area contributed by atoms with Gasteiger partial charge >= 0.3 is 0 Å². The van der Waals surface area contributed by atoms with Gasteiger partial charge in [-0.15, -0.1) is 0 Å². The number of hydrogen-bond donors (Lipinski definition) is 1. The molecule has 3 aromatic rings. The zero-order valence-corrected chi connectivity index (χ0v) is 11.4. The molecule has 2 heteroatoms. The maximum Gasteiger partial charge on any atom is 0.118 e. The molecule has 0 amide bonds. The molecule has 1 heterocycles. The maximum atomic E-state index is 5.20. The number of aromatic amines is 1. The number of aryl methyl sites for hydroxylation is 2. The molecule has 1 aromatic heterocycles. The van der Waals surface area contributed by atoms with Crippen molar-refractivity contribution in [1.29, 1.82) is 0 Å². The van der Waals surface area contributed by atoms with Crippen LogP contribution in [0.2, 0.25) is 0 Å². The summed E-state index contributed by atoms with van der Waals surface area (Å²) in [5, 5.41) is 1.30. The van der Waals surface area contributed by atoms with Gasteiger partial charge in [-0.1, -0.05) is 11.6 Å². The van der Waals surface area contributed by atoms with Crippen LogP contribution in [0.5, 0.6) is 5.75 Å². The van der Waals surface area contributed by atoms with E-state index in [4.69, 9.17) is 4.74 Å². The van der Waals surface area contributed by atoms with Gasteiger partial charge in [-0.3, -0.25) is 0 Å². The summed E-state index contributed by atoms with van der Waals surface area (Å²) < 4.78 is 5.20. The molecular formula is C17H17NO. The highest BCUT2D eigenvalue weighted by Crippen LogP contribution is 2.30. The van der Waals surface area contributed by atoms with Crippen LogP contribution in [0.15, 0.2) is 42.5 Å². The van der Waals surface area contributed by atoms with Crippen LogP contribution in [0.25, 0.3) is 22.2 Å². The van der Waals surface area contributed by atoms with Gasteiger partial charge in [0.15, 0.2) is 0 Å². The molecule has 0 saturated heterocycles. The number of H-pyrrole nitrogens is 1. The van der Waals surface area contributed by atoms with E-state index in [1.54, 1.807) is 7.11 Å². The van der Waals surface area contributed by atoms with Crippen LogP contribution in [0.1, 0.15) is 11.1 Å². The lowest BCUT2D eigenvalue weighted by Crippen LogP contribution is -1.84. The molecule has 0 atom stereocenters. The van der Waals surface area contributed by atoms with Crippen molar-refractivity contribution in [3.63, 3.8) is 0 Å². The number of rotatable bonds is 2. The van der Waals surface area contributed by atoms with E-state index in [1.165, 1.54) is 33.3 Å². The number of nitrogens with one attached hydrogen (secondary N) is 1. The molecule has 1 N–H and O–H groups in total. The quantitative estimate of drug-likeness (QED) is 0.714. The molecule has 2 nitrogen and oxygen atoms in total. The van der Waals surface area contributed by atoms with Crippen molar-refractivity contribution in [3.05, 3.63) is 53.6 Å². The first kappa shape index (κ1) is 11.8. The van der Waals surface area contributed by atoms with E-state index >= 15 is 0 Å². The third-order valence-corrected chi connectivity index (χ3v) is 3.59. The predicted molar refractivity (Wildman–Crippen MR) is 79.8 cm³/mol. The zero-order chi connectivity index (χ0) is 13.4. The molecule has 96 valence electrons. The Balaban J connectivity index is 2.16. The van der Waals surface area contributed by atoms with Gasteiger partial charge in [0.2, 0.25) is 0 Å². The number of benzene rings is 2. The van der Waals surface area contributed by atoms with E-state index < -0.39 is 0 Å². The number of ether oxygens (including phenoxy) is 1. The summed E-state index contributed by atoms with van der Waals surface area (Å²) >= 11 is 0. The fourth-order valence-corrected chi connectivity index (χ4v) is 2.49. The number of methoxy groups -OCH3 is 1. The smallest absolute Gasteiger partial charge is 0.118 e. The molecule has 0 aliphatic heterocycles. The Morgan fingerprint density at radius 3 is 2.37 bits per heavy atom. The molecule has 2 aromatic carbocycles. The average Bonchev–Trinajstić information content (AvgIpc) is 2.76. The van der Waals surface area contributed by atoms with E-state index in [2.05, 4.69) is 49.2 Å². The Morgan fingerprint density at radius 1 is 0.947 bits per heavy atom. The Labute approximate surface area is 113 Å². The molecule has 0 aliphatic carbocycles. The Hall–Kier alpha value is -2.22. The monoisotopic (exact) mass is 251 g/mol. The summed E-state index contributed by atoms with van der Waals surface area (Å²) in [7, 11) is 1.69. The van der Waals surface area contributed by atoms with Gasteiger partial charge < -0.3 is 9.72 Å². The lowest BCUT2D eigenvalue weighted by molar-refractivity contribution is 0.415. The lowest BCUT2D eigenvalue weighted by atomic mass is 10.1. The van der Waals surface area contributed by atoms with Gasteiger partial charge in [0.25, 0.3) is 0 Å². The van der Waals surface area contributed by atoms with Crippen LogP contribution in [-0.2, 0) is 0 Å². The fourth-order valence-electron chi connectivity index (χ4n) is 2.49. The lowest BCUT2D eigenvalue weighted by Gasteiger charge is -2.03. The molecule has 19 heavy (non-hydrogen) atoms. The van der Waals surface area contributed by atoms with Gasteiger partial charge in [0.1, 0.15) is 5.75 Å². The topological polar surface area (TPSA) is 25.0 Å². The van der Waals surface area contributed by atoms with Crippen molar-refractivity contribution in [1.82, 2.24) is 4.98 Å². The molecule has 0 unspecified atom stereocenters. The minimum atomic E-state index is 0.883. The second-order valence-electron chi connectivity index (χ2n) is 4.90. The van der Waals surface area contributed by atoms with Crippen molar-refractivity contribution in [2.24, 2.45) is 0 Å². The van der Waals surface area contributed by atoms with Crippen LogP contribution >= 0.6 is 0 Å². The number of hydrogen-bond acceptors (Lipinski definition) is 1. The number of fused-ring (bicyclic) bond motifs is 1. The average molecular weight is 251 g/mol. The van der Waals surface area contributed by atoms with E-state index in [0.29, 0.717) is 0 Å². The van der Waals surface area contributed by atoms with Crippen molar-refractivity contribution in [3.8, 4) is 17.0 Å². The maximum absolute atomic E-state index is 5.20. The van der Waals surface area contributed by atoms with E-state index in [1.807, 2.05) is 12.1 Å². The molecule has 3 rings (SSSR count). The molecular weight excluding hydrogens is 234 g/mol. The van der Waals surface area contributed by atoms with Crippen LogP contribution < -0.4 is 4.74 Å². The second kappa shape index (κ2) is 4.47. The van der Waals surface area contributed by atoms with Crippen LogP contribution in [0.3, 0.4) is 0 Å². The van der Waals surface area contributed by atoms with Gasteiger partial charge in [-0.2, -0.15) is 0 Å². The summed E-state index contributed by atoms with van der Waals surface area (Å²) in [6.45, 7) is 4.29. The Morgan fingerprint density at radius 2 is 1.68 bits per heavy atom. The van der Waals surface area contributed by atoms with E-state index in [0.717, 1.165) is 5.75 Å². The second-order valence-corrected chi connectivity index (χ2v) is 4.90. The normalized spacial score (nSPS) is 10.9. The standard InChI is InChI=1S/C17H17NO/c1-11-4-9-16-15(10-11)12(2)17(18-16)13-5-7-14(19-3)8-6-13/h4-10,18H,1-3H3. The molecule has 0 bridgehead atoms. The minimum Gasteiger partial charge on any atom is -0.497 e. The summed E-state index contributed by atoms with van der Waals surface area (Å²) in [6, 6.07) is 14.7. The van der Waals surface area contributed by atoms with Crippen molar-refractivity contribution in [2.45, 2.75) is 13.8 Å². The molecule has 0 aliphatic rings. The Bertz CT molecular complexity index is 723.